The Bertz CT molecular complexity index is 829. The first-order valence-electron chi connectivity index (χ1n) is 8.40. The average Bonchev–Trinajstić information content (AvgIpc) is 3.05. The highest BCUT2D eigenvalue weighted by Gasteiger charge is 2.10. The second-order valence-corrected chi connectivity index (χ2v) is 8.79. The highest BCUT2D eigenvalue weighted by molar-refractivity contribution is 7.89. The van der Waals surface area contributed by atoms with Gasteiger partial charge in [0.1, 0.15) is 0 Å². The van der Waals surface area contributed by atoms with Gasteiger partial charge in [-0.3, -0.25) is 0 Å². The summed E-state index contributed by atoms with van der Waals surface area (Å²) in [6.07, 6.45) is 2.73. The number of aliphatic imine (C=N–C) groups is 1. The zero-order valence-electron chi connectivity index (χ0n) is 15.2. The minimum atomic E-state index is -3.41. The Morgan fingerprint density at radius 1 is 1.23 bits per heavy atom. The molecule has 142 valence electrons. The quantitative estimate of drug-likeness (QED) is 0.467. The number of benzene rings is 1. The van der Waals surface area contributed by atoms with Gasteiger partial charge in [0.05, 0.1) is 16.4 Å². The van der Waals surface area contributed by atoms with Crippen molar-refractivity contribution >= 4 is 27.3 Å². The number of aromatic nitrogens is 1. The Hall–Kier alpha value is -1.97. The van der Waals surface area contributed by atoms with Gasteiger partial charge in [-0.05, 0) is 38.6 Å². The zero-order valence-corrected chi connectivity index (χ0v) is 16.9. The third-order valence-electron chi connectivity index (χ3n) is 3.57. The van der Waals surface area contributed by atoms with Crippen LogP contribution in [0, 0.1) is 6.92 Å². The number of nitrogens with one attached hydrogen (secondary N) is 3. The van der Waals surface area contributed by atoms with Crippen LogP contribution in [0.4, 0.5) is 0 Å². The van der Waals surface area contributed by atoms with Crippen LogP contribution in [-0.2, 0) is 23.0 Å². The first-order valence-corrected chi connectivity index (χ1v) is 10.7. The van der Waals surface area contributed by atoms with E-state index < -0.39 is 10.0 Å². The highest BCUT2D eigenvalue weighted by atomic mass is 32.2. The summed E-state index contributed by atoms with van der Waals surface area (Å²) < 4.78 is 25.8. The Labute approximate surface area is 159 Å². The maximum absolute atomic E-state index is 11.7. The van der Waals surface area contributed by atoms with Gasteiger partial charge in [-0.15, -0.1) is 11.3 Å². The number of aryl methyl sites for hydroxylation is 1. The van der Waals surface area contributed by atoms with Gasteiger partial charge in [0.25, 0.3) is 0 Å². The second kappa shape index (κ2) is 9.65. The summed E-state index contributed by atoms with van der Waals surface area (Å²) in [6, 6.07) is 6.72. The molecule has 2 rings (SSSR count). The van der Waals surface area contributed by atoms with E-state index in [9.17, 15) is 8.42 Å². The predicted molar refractivity (Wildman–Crippen MR) is 106 cm³/mol. The predicted octanol–water partition coefficient (Wildman–Crippen LogP) is 1.66. The molecular weight excluding hydrogens is 370 g/mol. The average molecular weight is 396 g/mol. The summed E-state index contributed by atoms with van der Waals surface area (Å²) in [7, 11) is -2.01. The van der Waals surface area contributed by atoms with Crippen molar-refractivity contribution < 1.29 is 8.42 Å². The lowest BCUT2D eigenvalue weighted by Gasteiger charge is -2.10. The first kappa shape index (κ1) is 20.3. The van der Waals surface area contributed by atoms with Crippen LogP contribution in [0.15, 0.2) is 40.4 Å². The summed E-state index contributed by atoms with van der Waals surface area (Å²) in [4.78, 5) is 10.4. The number of hydrogen-bond acceptors (Lipinski definition) is 5. The van der Waals surface area contributed by atoms with E-state index in [-0.39, 0.29) is 4.90 Å². The van der Waals surface area contributed by atoms with E-state index in [1.54, 1.807) is 35.6 Å². The van der Waals surface area contributed by atoms with Gasteiger partial charge in [0.2, 0.25) is 10.0 Å². The number of sulfonamides is 1. The molecule has 26 heavy (non-hydrogen) atoms. The van der Waals surface area contributed by atoms with Gasteiger partial charge in [-0.1, -0.05) is 12.1 Å². The van der Waals surface area contributed by atoms with Crippen molar-refractivity contribution in [3.05, 3.63) is 45.9 Å². The van der Waals surface area contributed by atoms with Crippen molar-refractivity contribution in [2.75, 3.05) is 20.1 Å². The number of hydrogen-bond donors (Lipinski definition) is 3. The fourth-order valence-electron chi connectivity index (χ4n) is 2.21. The van der Waals surface area contributed by atoms with E-state index in [4.69, 9.17) is 0 Å². The molecule has 0 saturated carbocycles. The summed E-state index contributed by atoms with van der Waals surface area (Å²) in [5.74, 6) is 0.729. The lowest BCUT2D eigenvalue weighted by molar-refractivity contribution is 0.588. The molecule has 3 N–H and O–H groups in total. The molecule has 7 nitrogen and oxygen atoms in total. The van der Waals surface area contributed by atoms with Crippen molar-refractivity contribution in [2.45, 2.75) is 31.7 Å². The van der Waals surface area contributed by atoms with Crippen LogP contribution in [-0.4, -0.2) is 39.5 Å². The molecule has 0 aliphatic heterocycles. The van der Waals surface area contributed by atoms with E-state index in [1.807, 2.05) is 20.0 Å². The van der Waals surface area contributed by atoms with E-state index in [1.165, 1.54) is 11.9 Å². The highest BCUT2D eigenvalue weighted by Crippen LogP contribution is 2.12. The molecule has 0 spiro atoms. The topological polar surface area (TPSA) is 95.5 Å². The summed E-state index contributed by atoms with van der Waals surface area (Å²) in [5.41, 5.74) is 0.938. The Morgan fingerprint density at radius 2 is 1.96 bits per heavy atom. The SMILES string of the molecule is CCNC(=NCc1ccc(S(=O)(=O)NC)cc1)NCCc1ncc(C)s1. The van der Waals surface area contributed by atoms with Gasteiger partial charge in [-0.2, -0.15) is 0 Å². The van der Waals surface area contributed by atoms with Crippen molar-refractivity contribution in [1.29, 1.82) is 0 Å². The number of thiazole rings is 1. The van der Waals surface area contributed by atoms with Crippen molar-refractivity contribution in [1.82, 2.24) is 20.3 Å². The van der Waals surface area contributed by atoms with Crippen LogP contribution < -0.4 is 15.4 Å². The minimum absolute atomic E-state index is 0.247. The van der Waals surface area contributed by atoms with Crippen LogP contribution in [0.3, 0.4) is 0 Å². The lowest BCUT2D eigenvalue weighted by atomic mass is 10.2. The van der Waals surface area contributed by atoms with Crippen LogP contribution in [0.25, 0.3) is 0 Å². The Morgan fingerprint density at radius 3 is 2.54 bits per heavy atom. The van der Waals surface area contributed by atoms with Gasteiger partial charge in [0.15, 0.2) is 5.96 Å². The molecule has 0 bridgehead atoms. The molecule has 0 aliphatic rings. The molecule has 0 radical (unpaired) electrons. The molecule has 9 heteroatoms. The second-order valence-electron chi connectivity index (χ2n) is 5.59. The van der Waals surface area contributed by atoms with Gasteiger partial charge in [0, 0.05) is 30.6 Å². The molecule has 0 aliphatic carbocycles. The molecule has 1 heterocycles. The molecule has 0 saturated heterocycles. The van der Waals surface area contributed by atoms with Gasteiger partial charge in [-0.25, -0.2) is 23.1 Å². The van der Waals surface area contributed by atoms with E-state index in [0.717, 1.165) is 36.0 Å². The van der Waals surface area contributed by atoms with E-state index >= 15 is 0 Å². The van der Waals surface area contributed by atoms with Crippen molar-refractivity contribution in [2.24, 2.45) is 4.99 Å². The maximum Gasteiger partial charge on any atom is 0.240 e. The molecule has 1 aromatic carbocycles. The molecule has 0 atom stereocenters. The number of guanidine groups is 1. The van der Waals surface area contributed by atoms with Crippen LogP contribution in [0.2, 0.25) is 0 Å². The summed E-state index contributed by atoms with van der Waals surface area (Å²) >= 11 is 1.70. The zero-order chi connectivity index (χ0) is 19.0. The molecule has 1 aromatic heterocycles. The van der Waals surface area contributed by atoms with Gasteiger partial charge >= 0.3 is 0 Å². The largest absolute Gasteiger partial charge is 0.357 e. The Kier molecular flexibility index (Phi) is 7.55. The molecule has 2 aromatic rings. The minimum Gasteiger partial charge on any atom is -0.357 e. The van der Waals surface area contributed by atoms with Crippen LogP contribution >= 0.6 is 11.3 Å². The number of rotatable bonds is 8. The fraction of sp³-hybridized carbons (Fsp3) is 0.412. The van der Waals surface area contributed by atoms with Gasteiger partial charge < -0.3 is 10.6 Å². The standard InChI is InChI=1S/C17H25N5O2S2/c1-4-19-17(20-10-9-16-21-11-13(2)25-16)22-12-14-5-7-15(8-6-14)26(23,24)18-3/h5-8,11,18H,4,9-10,12H2,1-3H3,(H2,19,20,22). The van der Waals surface area contributed by atoms with Crippen LogP contribution in [0.5, 0.6) is 0 Å². The van der Waals surface area contributed by atoms with E-state index in [0.29, 0.717) is 6.54 Å². The number of nitrogens with zero attached hydrogens (tertiary/aromatic N) is 2. The lowest BCUT2D eigenvalue weighted by Crippen LogP contribution is -2.38. The van der Waals surface area contributed by atoms with E-state index in [2.05, 4.69) is 25.3 Å². The monoisotopic (exact) mass is 395 g/mol. The van der Waals surface area contributed by atoms with Crippen molar-refractivity contribution in [3.8, 4) is 0 Å². The molecule has 0 amide bonds. The smallest absolute Gasteiger partial charge is 0.240 e. The maximum atomic E-state index is 11.7. The molecule has 0 fully saturated rings. The third kappa shape index (κ3) is 6.08. The van der Waals surface area contributed by atoms with Crippen molar-refractivity contribution in [3.63, 3.8) is 0 Å². The molecule has 0 unspecified atom stereocenters. The first-order chi connectivity index (χ1) is 12.4. The summed E-state index contributed by atoms with van der Waals surface area (Å²) in [5, 5.41) is 7.60. The fourth-order valence-corrected chi connectivity index (χ4v) is 3.73. The third-order valence-corrected chi connectivity index (χ3v) is 5.97. The summed E-state index contributed by atoms with van der Waals surface area (Å²) in [6.45, 7) is 6.04. The van der Waals surface area contributed by atoms with Crippen LogP contribution in [0.1, 0.15) is 22.4 Å². The normalized spacial score (nSPS) is 12.2. The molecular formula is C17H25N5O2S2. The Balaban J connectivity index is 1.93.